The number of ether oxygens (including phenoxy) is 1. The zero-order valence-electron chi connectivity index (χ0n) is 17.3. The molecule has 0 atom stereocenters. The number of carbonyl (C=O) groups excluding carboxylic acids is 1. The lowest BCUT2D eigenvalue weighted by Gasteiger charge is -2.37. The van der Waals surface area contributed by atoms with Crippen molar-refractivity contribution in [2.75, 3.05) is 43.4 Å². The fourth-order valence-corrected chi connectivity index (χ4v) is 5.58. The van der Waals surface area contributed by atoms with Crippen molar-refractivity contribution in [2.24, 2.45) is 5.92 Å². The molecule has 30 heavy (non-hydrogen) atoms. The number of hydroxylamine groups is 1. The predicted molar refractivity (Wildman–Crippen MR) is 125 cm³/mol. The first-order valence-electron chi connectivity index (χ1n) is 9.55. The summed E-state index contributed by atoms with van der Waals surface area (Å²) >= 11 is 14.0. The van der Waals surface area contributed by atoms with E-state index in [1.807, 2.05) is 11.8 Å². The maximum Gasteiger partial charge on any atom is 0.259 e. The number of sulfonamides is 1. The van der Waals surface area contributed by atoms with Crippen LogP contribution in [0.1, 0.15) is 25.8 Å². The summed E-state index contributed by atoms with van der Waals surface area (Å²) in [4.78, 5) is 15.2. The number of rotatable bonds is 8. The standard InChI is InChI=1S/C18H29N3O5S4/c1-11(2)4-9-26-15-12(3)16(27)14(17(28)18(15)29)20-5-7-21(8-6-20)30(24,25)10-13(22)19-23/h11,23,27-29H,4-10H2,1-3H3,(H,19,22). The second-order valence-electron chi connectivity index (χ2n) is 7.56. The fraction of sp³-hybridized carbons (Fsp3) is 0.611. The molecule has 1 aromatic rings. The molecular weight excluding hydrogens is 466 g/mol. The fourth-order valence-electron chi connectivity index (χ4n) is 3.15. The molecule has 1 aliphatic heterocycles. The summed E-state index contributed by atoms with van der Waals surface area (Å²) in [5.74, 6) is -0.568. The first kappa shape index (κ1) is 25.5. The molecule has 0 unspecified atom stereocenters. The van der Waals surface area contributed by atoms with E-state index in [0.29, 0.717) is 46.1 Å². The van der Waals surface area contributed by atoms with Gasteiger partial charge < -0.3 is 9.64 Å². The largest absolute Gasteiger partial charge is 0.492 e. The topological polar surface area (TPSA) is 99.2 Å². The molecule has 2 N–H and O–H groups in total. The number of nitrogens with one attached hydrogen (secondary N) is 1. The van der Waals surface area contributed by atoms with Crippen LogP contribution in [0.3, 0.4) is 0 Å². The van der Waals surface area contributed by atoms with E-state index in [2.05, 4.69) is 39.1 Å². The van der Waals surface area contributed by atoms with Crippen molar-refractivity contribution in [3.05, 3.63) is 5.56 Å². The zero-order valence-corrected chi connectivity index (χ0v) is 20.8. The number of hydrogen-bond donors (Lipinski definition) is 5. The number of anilines is 1. The first-order chi connectivity index (χ1) is 14.0. The van der Waals surface area contributed by atoms with Gasteiger partial charge in [0.05, 0.1) is 17.2 Å². The van der Waals surface area contributed by atoms with Crippen LogP contribution in [-0.2, 0) is 14.8 Å². The normalized spacial score (nSPS) is 15.5. The minimum atomic E-state index is -3.80. The van der Waals surface area contributed by atoms with E-state index < -0.39 is 21.7 Å². The van der Waals surface area contributed by atoms with E-state index in [1.54, 1.807) is 0 Å². The van der Waals surface area contributed by atoms with Gasteiger partial charge in [0.1, 0.15) is 11.5 Å². The van der Waals surface area contributed by atoms with Crippen molar-refractivity contribution < 1.29 is 23.2 Å². The van der Waals surface area contributed by atoms with Crippen LogP contribution in [-0.4, -0.2) is 62.4 Å². The molecule has 0 aliphatic carbocycles. The van der Waals surface area contributed by atoms with Crippen molar-refractivity contribution in [3.8, 4) is 5.75 Å². The number of benzene rings is 1. The maximum absolute atomic E-state index is 12.3. The highest BCUT2D eigenvalue weighted by atomic mass is 32.2. The molecular formula is C18H29N3O5S4. The molecule has 8 nitrogen and oxygen atoms in total. The van der Waals surface area contributed by atoms with Crippen LogP contribution in [0.2, 0.25) is 0 Å². The number of hydrogen-bond acceptors (Lipinski definition) is 9. The Kier molecular flexibility index (Phi) is 9.07. The molecule has 1 saturated heterocycles. The lowest BCUT2D eigenvalue weighted by atomic mass is 10.1. The van der Waals surface area contributed by atoms with Crippen LogP contribution in [0.25, 0.3) is 0 Å². The van der Waals surface area contributed by atoms with E-state index >= 15 is 0 Å². The average Bonchev–Trinajstić information content (AvgIpc) is 2.69. The van der Waals surface area contributed by atoms with E-state index in [4.69, 9.17) is 22.6 Å². The van der Waals surface area contributed by atoms with Crippen molar-refractivity contribution in [1.29, 1.82) is 0 Å². The highest BCUT2D eigenvalue weighted by Crippen LogP contribution is 2.45. The third-order valence-electron chi connectivity index (χ3n) is 4.91. The van der Waals surface area contributed by atoms with Crippen LogP contribution in [0.15, 0.2) is 14.7 Å². The monoisotopic (exact) mass is 495 g/mol. The van der Waals surface area contributed by atoms with Crippen LogP contribution in [0, 0.1) is 12.8 Å². The summed E-state index contributed by atoms with van der Waals surface area (Å²) in [5.41, 5.74) is 2.99. The molecule has 1 aromatic carbocycles. The van der Waals surface area contributed by atoms with Gasteiger partial charge in [-0.25, -0.2) is 13.9 Å². The Morgan fingerprint density at radius 3 is 2.27 bits per heavy atom. The minimum absolute atomic E-state index is 0.203. The van der Waals surface area contributed by atoms with E-state index in [-0.39, 0.29) is 13.1 Å². The Balaban J connectivity index is 2.18. The van der Waals surface area contributed by atoms with Gasteiger partial charge in [0, 0.05) is 41.5 Å². The summed E-state index contributed by atoms with van der Waals surface area (Å²) in [6.07, 6.45) is 0.920. The van der Waals surface area contributed by atoms with E-state index in [0.717, 1.165) is 17.7 Å². The summed E-state index contributed by atoms with van der Waals surface area (Å²) in [6, 6.07) is 0. The molecule has 0 spiro atoms. The zero-order chi connectivity index (χ0) is 22.6. The van der Waals surface area contributed by atoms with Crippen LogP contribution >= 0.6 is 37.9 Å². The van der Waals surface area contributed by atoms with Gasteiger partial charge in [-0.3, -0.25) is 10.0 Å². The van der Waals surface area contributed by atoms with Crippen LogP contribution < -0.4 is 15.1 Å². The van der Waals surface area contributed by atoms with E-state index in [9.17, 15) is 13.2 Å². The van der Waals surface area contributed by atoms with Gasteiger partial charge in [-0.1, -0.05) is 13.8 Å². The van der Waals surface area contributed by atoms with Gasteiger partial charge in [-0.15, -0.1) is 37.9 Å². The van der Waals surface area contributed by atoms with Gasteiger partial charge in [-0.05, 0) is 19.3 Å². The highest BCUT2D eigenvalue weighted by Gasteiger charge is 2.31. The lowest BCUT2D eigenvalue weighted by molar-refractivity contribution is -0.126. The van der Waals surface area contributed by atoms with Crippen molar-refractivity contribution in [1.82, 2.24) is 9.79 Å². The molecule has 2 rings (SSSR count). The summed E-state index contributed by atoms with van der Waals surface area (Å²) in [6.45, 7) is 7.96. The molecule has 0 saturated carbocycles. The molecule has 170 valence electrons. The SMILES string of the molecule is Cc1c(S)c(N2CCN(S(=O)(=O)CC(=O)NO)CC2)c(S)c(S)c1OCCC(C)C. The highest BCUT2D eigenvalue weighted by molar-refractivity contribution is 7.89. The Hall–Kier alpha value is -0.790. The second-order valence-corrected chi connectivity index (χ2v) is 10.9. The minimum Gasteiger partial charge on any atom is -0.492 e. The predicted octanol–water partition coefficient (Wildman–Crippen LogP) is 2.24. The Morgan fingerprint density at radius 2 is 1.73 bits per heavy atom. The Bertz CT molecular complexity index is 855. The maximum atomic E-state index is 12.3. The quantitative estimate of drug-likeness (QED) is 0.216. The summed E-state index contributed by atoms with van der Waals surface area (Å²) in [5, 5.41) is 8.58. The Labute approximate surface area is 194 Å². The summed E-state index contributed by atoms with van der Waals surface area (Å²) in [7, 11) is -3.80. The smallest absolute Gasteiger partial charge is 0.259 e. The molecule has 0 aromatic heterocycles. The van der Waals surface area contributed by atoms with Gasteiger partial charge in [0.25, 0.3) is 5.91 Å². The number of piperazine rings is 1. The number of nitrogens with zero attached hydrogens (tertiary/aromatic N) is 2. The molecule has 1 fully saturated rings. The van der Waals surface area contributed by atoms with Crippen LogP contribution in [0.4, 0.5) is 5.69 Å². The molecule has 12 heteroatoms. The molecule has 1 heterocycles. The van der Waals surface area contributed by atoms with E-state index in [1.165, 1.54) is 9.79 Å². The number of amides is 1. The molecule has 0 radical (unpaired) electrons. The molecule has 0 bridgehead atoms. The van der Waals surface area contributed by atoms with Gasteiger partial charge in [0.15, 0.2) is 0 Å². The lowest BCUT2D eigenvalue weighted by Crippen LogP contribution is -2.50. The molecule has 1 amide bonds. The third kappa shape index (κ3) is 5.92. The summed E-state index contributed by atoms with van der Waals surface area (Å²) < 4.78 is 31.8. The van der Waals surface area contributed by atoms with Crippen molar-refractivity contribution in [3.63, 3.8) is 0 Å². The second kappa shape index (κ2) is 10.7. The van der Waals surface area contributed by atoms with Gasteiger partial charge in [0.2, 0.25) is 10.0 Å². The first-order valence-corrected chi connectivity index (χ1v) is 12.5. The number of carbonyl (C=O) groups is 1. The van der Waals surface area contributed by atoms with Crippen LogP contribution in [0.5, 0.6) is 5.75 Å². The van der Waals surface area contributed by atoms with Crippen molar-refractivity contribution in [2.45, 2.75) is 41.9 Å². The molecule has 1 aliphatic rings. The van der Waals surface area contributed by atoms with Gasteiger partial charge in [-0.2, -0.15) is 4.31 Å². The van der Waals surface area contributed by atoms with Gasteiger partial charge >= 0.3 is 0 Å². The van der Waals surface area contributed by atoms with Crippen molar-refractivity contribution >= 4 is 59.5 Å². The number of thiol groups is 3. The third-order valence-corrected chi connectivity index (χ3v) is 8.28. The Morgan fingerprint density at radius 1 is 1.13 bits per heavy atom. The average molecular weight is 496 g/mol.